The number of fused-ring (bicyclic) bond motifs is 1. The summed E-state index contributed by atoms with van der Waals surface area (Å²) in [5, 5.41) is 28.7. The maximum absolute atomic E-state index is 9.95. The second-order valence-electron chi connectivity index (χ2n) is 4.54. The molecule has 23 heavy (non-hydrogen) atoms. The van der Waals surface area contributed by atoms with Crippen LogP contribution in [0.15, 0.2) is 12.7 Å². The molecule has 3 rings (SSSR count). The van der Waals surface area contributed by atoms with Crippen LogP contribution in [0.1, 0.15) is 6.23 Å². The quantitative estimate of drug-likeness (QED) is 0.274. The van der Waals surface area contributed by atoms with Crippen molar-refractivity contribution in [3.8, 4) is 0 Å². The number of hydrogen-bond donors (Lipinski definition) is 6. The number of nitrogens with two attached hydrogens (primary N) is 1. The summed E-state index contributed by atoms with van der Waals surface area (Å²) in [6.45, 7) is -0.390. The fourth-order valence-electron chi connectivity index (χ4n) is 2.17. The third kappa shape index (κ3) is 3.68. The monoisotopic (exact) mass is 397 g/mol. The zero-order valence-corrected chi connectivity index (χ0v) is 13.2. The summed E-state index contributed by atoms with van der Waals surface area (Å²) in [5.74, 6) is 0.218. The van der Waals surface area contributed by atoms with Crippen LogP contribution in [0.3, 0.4) is 0 Å². The molecular weight excluding hydrogens is 381 g/mol. The molecule has 2 aromatic heterocycles. The summed E-state index contributed by atoms with van der Waals surface area (Å²) in [6.07, 6.45) is -1.42. The molecule has 0 unspecified atom stereocenters. The fraction of sp³-hybridized carbons (Fsp3) is 0.500. The average molecular weight is 396 g/mol. The van der Waals surface area contributed by atoms with E-state index in [-0.39, 0.29) is 5.82 Å². The van der Waals surface area contributed by atoms with Crippen molar-refractivity contribution in [1.82, 2.24) is 19.5 Å². The Kier molecular flexibility index (Phi) is 5.67. The van der Waals surface area contributed by atoms with Crippen LogP contribution in [0.5, 0.6) is 0 Å². The summed E-state index contributed by atoms with van der Waals surface area (Å²) in [4.78, 5) is 11.9. The van der Waals surface area contributed by atoms with E-state index in [0.29, 0.717) is 11.2 Å². The van der Waals surface area contributed by atoms with Crippen LogP contribution in [0.25, 0.3) is 11.2 Å². The van der Waals surface area contributed by atoms with Gasteiger partial charge in [-0.25, -0.2) is 15.0 Å². The van der Waals surface area contributed by atoms with Gasteiger partial charge < -0.3 is 25.8 Å². The number of imidazole rings is 1. The zero-order chi connectivity index (χ0) is 17.1. The molecule has 7 N–H and O–H groups in total. The van der Waals surface area contributed by atoms with Crippen LogP contribution >= 0.6 is 0 Å². The normalized spacial score (nSPS) is 27.2. The first-order valence-electron chi connectivity index (χ1n) is 6.22. The molecule has 1 saturated heterocycles. The van der Waals surface area contributed by atoms with E-state index in [1.165, 1.54) is 17.2 Å². The number of nitrogens with zero attached hydrogens (tertiary/aromatic N) is 4. The van der Waals surface area contributed by atoms with Gasteiger partial charge in [-0.05, 0) is 0 Å². The SMILES string of the molecule is Nc1ncnc2c1ncn2[C@@H]1O[C@H](CO)[C@@H](O)[C@H]1O.O=[Se](O)O. The van der Waals surface area contributed by atoms with E-state index in [2.05, 4.69) is 15.0 Å². The Balaban J connectivity index is 0.000000433. The minimum atomic E-state index is -3.29. The minimum absolute atomic E-state index is 0.218. The second-order valence-corrected chi connectivity index (χ2v) is 5.51. The van der Waals surface area contributed by atoms with Crippen molar-refractivity contribution in [3.05, 3.63) is 12.7 Å². The summed E-state index contributed by atoms with van der Waals surface area (Å²) in [6, 6.07) is 0. The Morgan fingerprint density at radius 1 is 1.26 bits per heavy atom. The van der Waals surface area contributed by atoms with Crippen molar-refractivity contribution in [2.24, 2.45) is 0 Å². The van der Waals surface area contributed by atoms with E-state index in [4.69, 9.17) is 27.8 Å². The molecule has 1 fully saturated rings. The van der Waals surface area contributed by atoms with Crippen LogP contribution in [-0.4, -0.2) is 82.6 Å². The summed E-state index contributed by atoms with van der Waals surface area (Å²) >= 11 is -3.29. The van der Waals surface area contributed by atoms with Crippen LogP contribution in [0.2, 0.25) is 0 Å². The van der Waals surface area contributed by atoms with Gasteiger partial charge in [0.2, 0.25) is 0 Å². The molecule has 3 heterocycles. The number of anilines is 1. The molecule has 0 spiro atoms. The molecule has 128 valence electrons. The van der Waals surface area contributed by atoms with Gasteiger partial charge in [0.15, 0.2) is 17.7 Å². The number of hydrogen-bond acceptors (Lipinski definition) is 9. The number of ether oxygens (including phenoxy) is 1. The van der Waals surface area contributed by atoms with Crippen molar-refractivity contribution in [1.29, 1.82) is 0 Å². The van der Waals surface area contributed by atoms with Gasteiger partial charge in [-0.1, -0.05) is 0 Å². The Morgan fingerprint density at radius 3 is 2.48 bits per heavy atom. The standard InChI is InChI=1S/C10H13N5O4.H2O3Se/c11-8-5-9(13-2-12-8)15(3-14-5)10-7(18)6(17)4(1-16)19-10;1-4(2)3/h2-4,6-7,10,16-18H,1H2,(H2,11,12,13);(H2,1,2,3)/t4-,6-,7-,10-;/m1./s1. The van der Waals surface area contributed by atoms with E-state index < -0.39 is 45.6 Å². The van der Waals surface area contributed by atoms with Gasteiger partial charge in [0, 0.05) is 0 Å². The first kappa shape index (κ1) is 17.8. The Labute approximate surface area is 133 Å². The van der Waals surface area contributed by atoms with Crippen LogP contribution in [0, 0.1) is 0 Å². The topological polar surface area (TPSA) is 197 Å². The molecule has 0 amide bonds. The zero-order valence-electron chi connectivity index (χ0n) is 11.5. The molecule has 0 saturated carbocycles. The summed E-state index contributed by atoms with van der Waals surface area (Å²) in [5.41, 5.74) is 6.44. The third-order valence-corrected chi connectivity index (χ3v) is 3.18. The van der Waals surface area contributed by atoms with Crippen molar-refractivity contribution in [3.63, 3.8) is 0 Å². The van der Waals surface area contributed by atoms with Crippen molar-refractivity contribution in [2.45, 2.75) is 24.5 Å². The summed E-state index contributed by atoms with van der Waals surface area (Å²) in [7, 11) is 0. The molecule has 1 aliphatic heterocycles. The molecule has 2 aromatic rings. The summed E-state index contributed by atoms with van der Waals surface area (Å²) < 4.78 is 30.0. The van der Waals surface area contributed by atoms with E-state index >= 15 is 0 Å². The molecule has 0 aromatic carbocycles. The van der Waals surface area contributed by atoms with E-state index in [0.717, 1.165) is 0 Å². The van der Waals surface area contributed by atoms with Crippen LogP contribution < -0.4 is 5.73 Å². The third-order valence-electron chi connectivity index (χ3n) is 3.18. The van der Waals surface area contributed by atoms with Crippen molar-refractivity contribution >= 4 is 31.5 Å². The van der Waals surface area contributed by atoms with Gasteiger partial charge in [-0.2, -0.15) is 0 Å². The molecule has 4 atom stereocenters. The molecule has 0 radical (unpaired) electrons. The predicted molar refractivity (Wildman–Crippen MR) is 73.6 cm³/mol. The van der Waals surface area contributed by atoms with Gasteiger partial charge in [0.25, 0.3) is 0 Å². The average Bonchev–Trinajstić information content (AvgIpc) is 3.02. The van der Waals surface area contributed by atoms with Gasteiger partial charge >= 0.3 is 26.7 Å². The first-order chi connectivity index (χ1) is 10.9. The molecule has 0 bridgehead atoms. The van der Waals surface area contributed by atoms with E-state index in [1.54, 1.807) is 0 Å². The van der Waals surface area contributed by atoms with Gasteiger partial charge in [-0.3, -0.25) is 4.57 Å². The predicted octanol–water partition coefficient (Wildman–Crippen LogP) is -3.59. The molecule has 1 aliphatic rings. The number of nitrogen functional groups attached to an aromatic ring is 1. The van der Waals surface area contributed by atoms with Crippen molar-refractivity contribution < 1.29 is 32.3 Å². The van der Waals surface area contributed by atoms with E-state index in [1.807, 2.05) is 0 Å². The molecule has 12 nitrogen and oxygen atoms in total. The molecular formula is C10H15N5O7Se. The molecule has 0 aliphatic carbocycles. The second kappa shape index (κ2) is 7.33. The van der Waals surface area contributed by atoms with Crippen molar-refractivity contribution in [2.75, 3.05) is 12.3 Å². The first-order valence-corrected chi connectivity index (χ1v) is 8.45. The number of aliphatic hydroxyl groups is 3. The Hall–Kier alpha value is -1.57. The van der Waals surface area contributed by atoms with Gasteiger partial charge in [-0.15, -0.1) is 0 Å². The molecule has 13 heteroatoms. The number of aromatic nitrogens is 4. The number of aliphatic hydroxyl groups excluding tert-OH is 3. The number of rotatable bonds is 2. The van der Waals surface area contributed by atoms with Gasteiger partial charge in [0.05, 0.1) is 12.9 Å². The fourth-order valence-corrected chi connectivity index (χ4v) is 2.17. The van der Waals surface area contributed by atoms with E-state index in [9.17, 15) is 10.2 Å². The van der Waals surface area contributed by atoms with Crippen LogP contribution in [0.4, 0.5) is 5.82 Å². The Morgan fingerprint density at radius 2 is 1.91 bits per heavy atom. The van der Waals surface area contributed by atoms with Crippen LogP contribution in [-0.2, 0) is 8.57 Å². The maximum atomic E-state index is 9.95. The van der Waals surface area contributed by atoms with Gasteiger partial charge in [0.1, 0.15) is 30.2 Å². The Bertz CT molecular complexity index is 693.